The molecule has 0 saturated heterocycles. The van der Waals surface area contributed by atoms with Crippen LogP contribution in [-0.2, 0) is 4.79 Å². The van der Waals surface area contributed by atoms with Crippen LogP contribution in [0.5, 0.6) is 0 Å². The molecule has 0 amide bonds. The van der Waals surface area contributed by atoms with Gasteiger partial charge in [-0.15, -0.1) is 0 Å². The highest BCUT2D eigenvalue weighted by molar-refractivity contribution is 5.91. The van der Waals surface area contributed by atoms with Gasteiger partial charge in [0.15, 0.2) is 0 Å². The molecule has 1 aromatic carbocycles. The van der Waals surface area contributed by atoms with Crippen molar-refractivity contribution in [3.05, 3.63) is 30.3 Å². The van der Waals surface area contributed by atoms with Crippen molar-refractivity contribution in [3.63, 3.8) is 0 Å². The van der Waals surface area contributed by atoms with Gasteiger partial charge in [-0.1, -0.05) is 19.9 Å². The maximum atomic E-state index is 13.9. The quantitative estimate of drug-likeness (QED) is 0.878. The van der Waals surface area contributed by atoms with Gasteiger partial charge in [-0.3, -0.25) is 0 Å². The van der Waals surface area contributed by atoms with E-state index < -0.39 is 17.8 Å². The number of hydrogen-bond acceptors (Lipinski definition) is 4. The highest BCUT2D eigenvalue weighted by atomic mass is 19.1. The van der Waals surface area contributed by atoms with Crippen molar-refractivity contribution in [2.24, 2.45) is 5.92 Å². The van der Waals surface area contributed by atoms with Crippen LogP contribution in [0, 0.1) is 11.7 Å². The summed E-state index contributed by atoms with van der Waals surface area (Å²) in [6.45, 7) is 3.85. The third-order valence-corrected chi connectivity index (χ3v) is 2.93. The van der Waals surface area contributed by atoms with E-state index in [2.05, 4.69) is 15.3 Å². The highest BCUT2D eigenvalue weighted by Crippen LogP contribution is 2.23. The van der Waals surface area contributed by atoms with E-state index in [-0.39, 0.29) is 17.1 Å². The van der Waals surface area contributed by atoms with Crippen LogP contribution in [0.2, 0.25) is 0 Å². The molecule has 2 aromatic rings. The van der Waals surface area contributed by atoms with Crippen molar-refractivity contribution in [1.29, 1.82) is 0 Å². The van der Waals surface area contributed by atoms with Crippen LogP contribution in [0.1, 0.15) is 20.3 Å². The fourth-order valence-electron chi connectivity index (χ4n) is 2.04. The number of anilines is 1. The summed E-state index contributed by atoms with van der Waals surface area (Å²) < 4.78 is 13.9. The smallest absolute Gasteiger partial charge is 0.326 e. The molecule has 0 fully saturated rings. The Morgan fingerprint density at radius 1 is 1.40 bits per heavy atom. The number of carboxylic acids is 1. The summed E-state index contributed by atoms with van der Waals surface area (Å²) in [5.74, 6) is -1.05. The molecule has 0 aliphatic heterocycles. The van der Waals surface area contributed by atoms with Gasteiger partial charge in [0.25, 0.3) is 0 Å². The largest absolute Gasteiger partial charge is 0.480 e. The number of nitrogens with zero attached hydrogens (tertiary/aromatic N) is 2. The first kappa shape index (κ1) is 14.2. The van der Waals surface area contributed by atoms with E-state index >= 15 is 0 Å². The Bertz CT molecular complexity index is 626. The first-order chi connectivity index (χ1) is 9.49. The highest BCUT2D eigenvalue weighted by Gasteiger charge is 2.21. The van der Waals surface area contributed by atoms with Gasteiger partial charge in [0.2, 0.25) is 0 Å². The first-order valence-electron chi connectivity index (χ1n) is 6.37. The van der Waals surface area contributed by atoms with E-state index in [0.717, 1.165) is 0 Å². The Labute approximate surface area is 115 Å². The second kappa shape index (κ2) is 5.81. The Morgan fingerprint density at radius 2 is 2.15 bits per heavy atom. The third-order valence-electron chi connectivity index (χ3n) is 2.93. The van der Waals surface area contributed by atoms with E-state index in [1.54, 1.807) is 12.1 Å². The third kappa shape index (κ3) is 3.01. The summed E-state index contributed by atoms with van der Waals surface area (Å²) >= 11 is 0. The Hall–Kier alpha value is -2.24. The van der Waals surface area contributed by atoms with E-state index in [1.165, 1.54) is 12.4 Å². The monoisotopic (exact) mass is 277 g/mol. The molecule has 2 N–H and O–H groups in total. The molecular weight excluding hydrogens is 261 g/mol. The normalized spacial score (nSPS) is 12.6. The molecule has 0 bridgehead atoms. The zero-order valence-corrected chi connectivity index (χ0v) is 11.3. The lowest BCUT2D eigenvalue weighted by atomic mass is 10.0. The van der Waals surface area contributed by atoms with Gasteiger partial charge in [0, 0.05) is 0 Å². The maximum absolute atomic E-state index is 13.9. The molecule has 106 valence electrons. The molecular formula is C14H16FN3O2. The lowest BCUT2D eigenvalue weighted by molar-refractivity contribution is -0.138. The summed E-state index contributed by atoms with van der Waals surface area (Å²) in [4.78, 5) is 19.2. The predicted octanol–water partition coefficient (Wildman–Crippen LogP) is 2.68. The van der Waals surface area contributed by atoms with Crippen molar-refractivity contribution in [2.75, 3.05) is 5.32 Å². The zero-order chi connectivity index (χ0) is 14.7. The number of fused-ring (bicyclic) bond motifs is 1. The van der Waals surface area contributed by atoms with Crippen LogP contribution in [0.25, 0.3) is 10.9 Å². The minimum atomic E-state index is -0.984. The average Bonchev–Trinajstić information content (AvgIpc) is 2.37. The van der Waals surface area contributed by atoms with Crippen molar-refractivity contribution >= 4 is 22.7 Å². The van der Waals surface area contributed by atoms with Crippen molar-refractivity contribution in [1.82, 2.24) is 9.97 Å². The Balaban J connectivity index is 2.39. The number of carboxylic acid groups (broad SMARTS) is 1. The number of aliphatic carboxylic acids is 1. The number of nitrogens with one attached hydrogen (secondary N) is 1. The van der Waals surface area contributed by atoms with Crippen molar-refractivity contribution in [2.45, 2.75) is 26.3 Å². The van der Waals surface area contributed by atoms with E-state index in [0.29, 0.717) is 11.9 Å². The minimum Gasteiger partial charge on any atom is -0.480 e. The second-order valence-corrected chi connectivity index (χ2v) is 5.02. The molecule has 1 unspecified atom stereocenters. The van der Waals surface area contributed by atoms with Crippen LogP contribution < -0.4 is 5.32 Å². The van der Waals surface area contributed by atoms with Gasteiger partial charge in [-0.2, -0.15) is 0 Å². The first-order valence-corrected chi connectivity index (χ1v) is 6.37. The standard InChI is InChI=1S/C14H16FN3O2/c1-8(2)6-11(14(19)20)18-13-12-9(15)4-3-5-10(12)16-7-17-13/h3-5,7-8,11H,6H2,1-2H3,(H,19,20)(H,16,17,18). The van der Waals surface area contributed by atoms with Crippen LogP contribution >= 0.6 is 0 Å². The fraction of sp³-hybridized carbons (Fsp3) is 0.357. The zero-order valence-electron chi connectivity index (χ0n) is 11.3. The molecule has 0 spiro atoms. The summed E-state index contributed by atoms with van der Waals surface area (Å²) in [5, 5.41) is 12.2. The van der Waals surface area contributed by atoms with Crippen molar-refractivity contribution in [3.8, 4) is 0 Å². The number of benzene rings is 1. The van der Waals surface area contributed by atoms with Crippen molar-refractivity contribution < 1.29 is 14.3 Å². The van der Waals surface area contributed by atoms with Gasteiger partial charge in [-0.25, -0.2) is 19.2 Å². The lowest BCUT2D eigenvalue weighted by Gasteiger charge is -2.18. The number of carbonyl (C=O) groups is 1. The number of hydrogen-bond donors (Lipinski definition) is 2. The SMILES string of the molecule is CC(C)CC(Nc1ncnc2cccc(F)c12)C(=O)O. The van der Waals surface area contributed by atoms with E-state index in [9.17, 15) is 14.3 Å². The summed E-state index contributed by atoms with van der Waals surface area (Å²) in [6, 6.07) is 3.70. The van der Waals surface area contributed by atoms with Crippen LogP contribution in [0.4, 0.5) is 10.2 Å². The molecule has 6 heteroatoms. The summed E-state index contributed by atoms with van der Waals surface area (Å²) in [5.41, 5.74) is 0.441. The molecule has 1 heterocycles. The Morgan fingerprint density at radius 3 is 2.80 bits per heavy atom. The van der Waals surface area contributed by atoms with E-state index in [1.807, 2.05) is 13.8 Å². The van der Waals surface area contributed by atoms with E-state index in [4.69, 9.17) is 0 Å². The molecule has 0 saturated carbocycles. The molecule has 2 rings (SSSR count). The summed E-state index contributed by atoms with van der Waals surface area (Å²) in [7, 11) is 0. The van der Waals surface area contributed by atoms with Gasteiger partial charge in [0.1, 0.15) is 24.0 Å². The molecule has 1 atom stereocenters. The van der Waals surface area contributed by atoms with Gasteiger partial charge < -0.3 is 10.4 Å². The average molecular weight is 277 g/mol. The fourth-order valence-corrected chi connectivity index (χ4v) is 2.04. The number of rotatable bonds is 5. The summed E-state index contributed by atoms with van der Waals surface area (Å²) in [6.07, 6.45) is 1.72. The molecule has 1 aromatic heterocycles. The molecule has 0 aliphatic carbocycles. The maximum Gasteiger partial charge on any atom is 0.326 e. The molecule has 0 radical (unpaired) electrons. The van der Waals surface area contributed by atoms with Crippen LogP contribution in [0.3, 0.4) is 0 Å². The van der Waals surface area contributed by atoms with Crippen LogP contribution in [0.15, 0.2) is 24.5 Å². The van der Waals surface area contributed by atoms with Gasteiger partial charge in [0.05, 0.1) is 10.9 Å². The molecule has 20 heavy (non-hydrogen) atoms. The predicted molar refractivity (Wildman–Crippen MR) is 74.0 cm³/mol. The Kier molecular flexibility index (Phi) is 4.12. The van der Waals surface area contributed by atoms with Gasteiger partial charge >= 0.3 is 5.97 Å². The number of aromatic nitrogens is 2. The van der Waals surface area contributed by atoms with Gasteiger partial charge in [-0.05, 0) is 24.5 Å². The molecule has 5 nitrogen and oxygen atoms in total. The number of halogens is 1. The van der Waals surface area contributed by atoms with Crippen LogP contribution in [-0.4, -0.2) is 27.1 Å². The second-order valence-electron chi connectivity index (χ2n) is 5.02. The minimum absolute atomic E-state index is 0.196. The topological polar surface area (TPSA) is 75.1 Å². The lowest BCUT2D eigenvalue weighted by Crippen LogP contribution is -2.31. The molecule has 0 aliphatic rings.